The van der Waals surface area contributed by atoms with E-state index in [1.54, 1.807) is 0 Å². The molecule has 0 atom stereocenters. The number of hydrogen-bond donors (Lipinski definition) is 2. The molecule has 1 saturated carbocycles. The first-order valence-corrected chi connectivity index (χ1v) is 5.14. The maximum absolute atomic E-state index is 10.9. The molecule has 1 aliphatic carbocycles. The summed E-state index contributed by atoms with van der Waals surface area (Å²) in [7, 11) is 0. The fourth-order valence-electron chi connectivity index (χ4n) is 1.36. The fourth-order valence-corrected chi connectivity index (χ4v) is 1.57. The van der Waals surface area contributed by atoms with Gasteiger partial charge in [-0.15, -0.1) is 0 Å². The number of nitro groups is 1. The summed E-state index contributed by atoms with van der Waals surface area (Å²) in [5, 5.41) is 22.2. The number of hydrogen-bond acceptors (Lipinski definition) is 5. The van der Waals surface area contributed by atoms with Crippen LogP contribution in [0.5, 0.6) is 0 Å². The Morgan fingerprint density at radius 2 is 2.29 bits per heavy atom. The fraction of sp³-hybridized carbons (Fsp3) is 0.333. The molecule has 0 radical (unpaired) electrons. The van der Waals surface area contributed by atoms with Crippen LogP contribution in [0.3, 0.4) is 0 Å². The second-order valence-corrected chi connectivity index (χ2v) is 4.20. The van der Waals surface area contributed by atoms with Gasteiger partial charge in [0, 0.05) is 6.07 Å². The van der Waals surface area contributed by atoms with Crippen LogP contribution in [0.1, 0.15) is 12.8 Å². The Kier molecular flexibility index (Phi) is 2.62. The smallest absolute Gasteiger partial charge is 0.329 e. The minimum atomic E-state index is -1.02. The minimum Gasteiger partial charge on any atom is -0.480 e. The van der Waals surface area contributed by atoms with Crippen molar-refractivity contribution >= 4 is 29.1 Å². The molecule has 1 aromatic heterocycles. The number of carboxylic acid groups (broad SMARTS) is 1. The highest BCUT2D eigenvalue weighted by molar-refractivity contribution is 6.33. The molecule has 0 aromatic carbocycles. The average molecular weight is 258 g/mol. The predicted molar refractivity (Wildman–Crippen MR) is 59.1 cm³/mol. The number of anilines is 1. The molecule has 0 aliphatic heterocycles. The lowest BCUT2D eigenvalue weighted by atomic mass is 10.2. The van der Waals surface area contributed by atoms with Crippen molar-refractivity contribution in [1.29, 1.82) is 0 Å². The Labute approximate surface area is 101 Å². The minimum absolute atomic E-state index is 0.0340. The molecule has 0 unspecified atom stereocenters. The van der Waals surface area contributed by atoms with Gasteiger partial charge in [0.25, 0.3) is 5.69 Å². The molecule has 0 bridgehead atoms. The quantitative estimate of drug-likeness (QED) is 0.628. The van der Waals surface area contributed by atoms with Crippen LogP contribution >= 0.6 is 11.6 Å². The van der Waals surface area contributed by atoms with Crippen molar-refractivity contribution in [3.63, 3.8) is 0 Å². The summed E-state index contributed by atoms with van der Waals surface area (Å²) in [6, 6.07) is 1.13. The molecule has 0 saturated heterocycles. The zero-order valence-corrected chi connectivity index (χ0v) is 9.27. The van der Waals surface area contributed by atoms with Crippen molar-refractivity contribution in [3.05, 3.63) is 27.4 Å². The van der Waals surface area contributed by atoms with Crippen LogP contribution in [0.4, 0.5) is 11.5 Å². The highest BCUT2D eigenvalue weighted by Gasteiger charge is 2.51. The van der Waals surface area contributed by atoms with Crippen LogP contribution in [0.2, 0.25) is 5.02 Å². The molecular formula is C9H8ClN3O4. The van der Waals surface area contributed by atoms with Gasteiger partial charge in [-0.05, 0) is 12.8 Å². The van der Waals surface area contributed by atoms with Gasteiger partial charge in [0.1, 0.15) is 17.6 Å². The van der Waals surface area contributed by atoms with Crippen molar-refractivity contribution in [1.82, 2.24) is 4.98 Å². The molecule has 0 amide bonds. The Morgan fingerprint density at radius 3 is 2.71 bits per heavy atom. The van der Waals surface area contributed by atoms with Crippen LogP contribution in [-0.4, -0.2) is 26.5 Å². The average Bonchev–Trinajstić information content (AvgIpc) is 3.02. The van der Waals surface area contributed by atoms with Crippen molar-refractivity contribution in [2.75, 3.05) is 5.32 Å². The van der Waals surface area contributed by atoms with Gasteiger partial charge in [0.05, 0.1) is 9.95 Å². The van der Waals surface area contributed by atoms with Crippen LogP contribution in [0.15, 0.2) is 12.3 Å². The lowest BCUT2D eigenvalue weighted by molar-refractivity contribution is -0.385. The molecule has 1 aliphatic rings. The standard InChI is InChI=1S/C9H8ClN3O4/c10-6-3-5(13(16)17)4-11-7(6)12-9(1-2-9)8(14)15/h3-4H,1-2H2,(H,11,12)(H,14,15). The summed E-state index contributed by atoms with van der Waals surface area (Å²) in [6.07, 6.45) is 2.00. The van der Waals surface area contributed by atoms with E-state index in [9.17, 15) is 14.9 Å². The van der Waals surface area contributed by atoms with E-state index in [-0.39, 0.29) is 16.5 Å². The summed E-state index contributed by atoms with van der Waals surface area (Å²) in [6.45, 7) is 0. The van der Waals surface area contributed by atoms with Gasteiger partial charge < -0.3 is 10.4 Å². The normalized spacial score (nSPS) is 16.3. The number of halogens is 1. The van der Waals surface area contributed by atoms with Gasteiger partial charge in [-0.2, -0.15) is 0 Å². The number of pyridine rings is 1. The lowest BCUT2D eigenvalue weighted by Crippen LogP contribution is -2.31. The van der Waals surface area contributed by atoms with Gasteiger partial charge in [0.15, 0.2) is 0 Å². The first kappa shape index (κ1) is 11.6. The van der Waals surface area contributed by atoms with Crippen LogP contribution in [-0.2, 0) is 4.79 Å². The van der Waals surface area contributed by atoms with Crippen LogP contribution in [0.25, 0.3) is 0 Å². The molecule has 17 heavy (non-hydrogen) atoms. The van der Waals surface area contributed by atoms with E-state index in [1.807, 2.05) is 0 Å². The molecule has 1 aromatic rings. The van der Waals surface area contributed by atoms with Gasteiger partial charge in [0.2, 0.25) is 0 Å². The van der Waals surface area contributed by atoms with E-state index in [1.165, 1.54) is 0 Å². The third-order valence-corrected chi connectivity index (χ3v) is 2.84. The van der Waals surface area contributed by atoms with E-state index in [0.29, 0.717) is 12.8 Å². The number of rotatable bonds is 4. The van der Waals surface area contributed by atoms with Crippen molar-refractivity contribution in [2.45, 2.75) is 18.4 Å². The molecular weight excluding hydrogens is 250 g/mol. The lowest BCUT2D eigenvalue weighted by Gasteiger charge is -2.13. The van der Waals surface area contributed by atoms with Gasteiger partial charge in [-0.3, -0.25) is 10.1 Å². The zero-order chi connectivity index (χ0) is 12.6. The number of carbonyl (C=O) groups is 1. The molecule has 1 heterocycles. The van der Waals surface area contributed by atoms with Crippen LogP contribution < -0.4 is 5.32 Å². The van der Waals surface area contributed by atoms with E-state index in [0.717, 1.165) is 12.3 Å². The highest BCUT2D eigenvalue weighted by atomic mass is 35.5. The van der Waals surface area contributed by atoms with Gasteiger partial charge >= 0.3 is 5.97 Å². The van der Waals surface area contributed by atoms with Crippen molar-refractivity contribution < 1.29 is 14.8 Å². The summed E-state index contributed by atoms with van der Waals surface area (Å²) < 4.78 is 0. The molecule has 2 N–H and O–H groups in total. The largest absolute Gasteiger partial charge is 0.480 e. The SMILES string of the molecule is O=C(O)C1(Nc2ncc([N+](=O)[O-])cc2Cl)CC1. The first-order valence-electron chi connectivity index (χ1n) is 4.76. The second-order valence-electron chi connectivity index (χ2n) is 3.79. The van der Waals surface area contributed by atoms with E-state index >= 15 is 0 Å². The molecule has 0 spiro atoms. The maximum atomic E-state index is 10.9. The van der Waals surface area contributed by atoms with Crippen LogP contribution in [0, 0.1) is 10.1 Å². The van der Waals surface area contributed by atoms with E-state index < -0.39 is 16.4 Å². The molecule has 1 fully saturated rings. The molecule has 2 rings (SSSR count). The summed E-state index contributed by atoms with van der Waals surface area (Å²) in [5.41, 5.74) is -1.26. The third-order valence-electron chi connectivity index (χ3n) is 2.55. The number of carboxylic acids is 1. The van der Waals surface area contributed by atoms with Crippen molar-refractivity contribution in [3.8, 4) is 0 Å². The summed E-state index contributed by atoms with van der Waals surface area (Å²) in [5.74, 6) is -0.828. The van der Waals surface area contributed by atoms with Crippen molar-refractivity contribution in [2.24, 2.45) is 0 Å². The topological polar surface area (TPSA) is 105 Å². The highest BCUT2D eigenvalue weighted by Crippen LogP contribution is 2.40. The molecule has 90 valence electrons. The maximum Gasteiger partial charge on any atom is 0.329 e. The number of aliphatic carboxylic acids is 1. The Morgan fingerprint density at radius 1 is 1.65 bits per heavy atom. The number of nitrogens with zero attached hydrogens (tertiary/aromatic N) is 2. The zero-order valence-electron chi connectivity index (χ0n) is 8.51. The molecule has 8 heteroatoms. The number of aromatic nitrogens is 1. The summed E-state index contributed by atoms with van der Waals surface area (Å²) >= 11 is 5.79. The molecule has 7 nitrogen and oxygen atoms in total. The van der Waals surface area contributed by atoms with Gasteiger partial charge in [-0.1, -0.05) is 11.6 Å². The second kappa shape index (κ2) is 3.85. The Hall–Kier alpha value is -1.89. The van der Waals surface area contributed by atoms with E-state index in [2.05, 4.69) is 10.3 Å². The van der Waals surface area contributed by atoms with Gasteiger partial charge in [-0.25, -0.2) is 9.78 Å². The Bertz CT molecular complexity index is 501. The monoisotopic (exact) mass is 257 g/mol. The number of nitrogens with one attached hydrogen (secondary N) is 1. The third kappa shape index (κ3) is 2.14. The summed E-state index contributed by atoms with van der Waals surface area (Å²) in [4.78, 5) is 24.5. The van der Waals surface area contributed by atoms with E-state index in [4.69, 9.17) is 16.7 Å². The predicted octanol–water partition coefficient (Wildman–Crippen LogP) is 1.67. The first-order chi connectivity index (χ1) is 7.94. The Balaban J connectivity index is 2.23.